The summed E-state index contributed by atoms with van der Waals surface area (Å²) in [6.07, 6.45) is 1.85. The predicted octanol–water partition coefficient (Wildman–Crippen LogP) is 3.97. The number of amides is 1. The Morgan fingerprint density at radius 1 is 1.14 bits per heavy atom. The molecule has 5 nitrogen and oxygen atoms in total. The Bertz CT molecular complexity index is 902. The average Bonchev–Trinajstić information content (AvgIpc) is 3.49. The van der Waals surface area contributed by atoms with Crippen LogP contribution in [-0.4, -0.2) is 24.8 Å². The van der Waals surface area contributed by atoms with E-state index in [2.05, 4.69) is 9.89 Å². The molecular formula is C20H18F4N2O3. The maximum atomic E-state index is 14.7. The fraction of sp³-hybridized carbons (Fsp3) is 0.300. The van der Waals surface area contributed by atoms with Gasteiger partial charge in [0.2, 0.25) is 5.91 Å². The highest BCUT2D eigenvalue weighted by Gasteiger charge is 2.33. The number of alkyl halides is 2. The molecule has 0 aromatic heterocycles. The third kappa shape index (κ3) is 5.04. The molecule has 2 N–H and O–H groups in total. The number of primary amides is 1. The maximum Gasteiger partial charge on any atom is 0.387 e. The molecule has 9 heteroatoms. The van der Waals surface area contributed by atoms with E-state index in [0.29, 0.717) is 11.6 Å². The molecule has 2 aromatic carbocycles. The fourth-order valence-corrected chi connectivity index (χ4v) is 2.81. The molecule has 2 aromatic rings. The number of hydrogen-bond donors (Lipinski definition) is 1. The minimum absolute atomic E-state index is 0.186. The summed E-state index contributed by atoms with van der Waals surface area (Å²) < 4.78 is 58.7. The summed E-state index contributed by atoms with van der Waals surface area (Å²) in [6.45, 7) is -3.12. The van der Waals surface area contributed by atoms with Crippen LogP contribution in [0, 0.1) is 17.6 Å². The van der Waals surface area contributed by atoms with Gasteiger partial charge in [-0.25, -0.2) is 8.78 Å². The highest BCUT2D eigenvalue weighted by molar-refractivity contribution is 6.17. The molecule has 0 spiro atoms. The van der Waals surface area contributed by atoms with Crippen LogP contribution in [0.1, 0.15) is 29.9 Å². The molecule has 1 atom stereocenters. The van der Waals surface area contributed by atoms with E-state index in [0.717, 1.165) is 18.9 Å². The zero-order valence-electron chi connectivity index (χ0n) is 15.2. The normalized spacial score (nSPS) is 15.3. The van der Waals surface area contributed by atoms with Crippen LogP contribution < -0.4 is 10.5 Å². The number of carbonyl (C=O) groups is 1. The van der Waals surface area contributed by atoms with Gasteiger partial charge in [0.15, 0.2) is 11.6 Å². The lowest BCUT2D eigenvalue weighted by molar-refractivity contribution is -0.118. The fourth-order valence-electron chi connectivity index (χ4n) is 2.81. The number of benzene rings is 2. The van der Waals surface area contributed by atoms with Gasteiger partial charge in [0.05, 0.1) is 5.56 Å². The van der Waals surface area contributed by atoms with Crippen molar-refractivity contribution in [1.82, 2.24) is 0 Å². The minimum Gasteiger partial charge on any atom is -0.434 e. The second-order valence-electron chi connectivity index (χ2n) is 6.57. The summed E-state index contributed by atoms with van der Waals surface area (Å²) >= 11 is 0. The summed E-state index contributed by atoms with van der Waals surface area (Å²) in [7, 11) is 0. The van der Waals surface area contributed by atoms with Crippen LogP contribution in [0.2, 0.25) is 0 Å². The average molecular weight is 410 g/mol. The van der Waals surface area contributed by atoms with Crippen LogP contribution in [0.25, 0.3) is 0 Å². The van der Waals surface area contributed by atoms with Crippen LogP contribution >= 0.6 is 0 Å². The molecule has 0 saturated heterocycles. The van der Waals surface area contributed by atoms with Gasteiger partial charge in [0.1, 0.15) is 24.0 Å². The predicted molar refractivity (Wildman–Crippen MR) is 96.6 cm³/mol. The van der Waals surface area contributed by atoms with Crippen molar-refractivity contribution >= 4 is 11.6 Å². The van der Waals surface area contributed by atoms with Gasteiger partial charge in [-0.1, -0.05) is 35.5 Å². The Labute approximate surface area is 164 Å². The summed E-state index contributed by atoms with van der Waals surface area (Å²) in [6, 6.07) is 9.41. The van der Waals surface area contributed by atoms with Gasteiger partial charge in [0.25, 0.3) is 0 Å². The smallest absolute Gasteiger partial charge is 0.387 e. The molecule has 3 rings (SSSR count). The van der Waals surface area contributed by atoms with E-state index in [4.69, 9.17) is 10.6 Å². The van der Waals surface area contributed by atoms with Gasteiger partial charge < -0.3 is 15.3 Å². The number of carbonyl (C=O) groups excluding carboxylic acids is 1. The van der Waals surface area contributed by atoms with Crippen molar-refractivity contribution < 1.29 is 31.9 Å². The van der Waals surface area contributed by atoms with Crippen LogP contribution in [-0.2, 0) is 9.63 Å². The lowest BCUT2D eigenvalue weighted by Gasteiger charge is -2.20. The molecular weight excluding hydrogens is 392 g/mol. The molecule has 154 valence electrons. The number of hydrogen-bond acceptors (Lipinski definition) is 4. The van der Waals surface area contributed by atoms with Crippen LogP contribution in [0.15, 0.2) is 47.6 Å². The van der Waals surface area contributed by atoms with Crippen LogP contribution in [0.3, 0.4) is 0 Å². The Morgan fingerprint density at radius 2 is 1.83 bits per heavy atom. The summed E-state index contributed by atoms with van der Waals surface area (Å²) in [5.74, 6) is -5.58. The molecule has 29 heavy (non-hydrogen) atoms. The summed E-state index contributed by atoms with van der Waals surface area (Å²) in [4.78, 5) is 17.5. The molecule has 0 aliphatic heterocycles. The van der Waals surface area contributed by atoms with Crippen LogP contribution in [0.4, 0.5) is 17.6 Å². The lowest BCUT2D eigenvalue weighted by Crippen LogP contribution is -2.30. The summed E-state index contributed by atoms with van der Waals surface area (Å²) in [5.41, 5.74) is 4.63. The Hall–Kier alpha value is -3.10. The summed E-state index contributed by atoms with van der Waals surface area (Å²) in [5, 5.41) is 3.83. The Balaban J connectivity index is 2.15. The lowest BCUT2D eigenvalue weighted by atomic mass is 9.88. The second-order valence-corrected chi connectivity index (χ2v) is 6.57. The highest BCUT2D eigenvalue weighted by atomic mass is 19.3. The van der Waals surface area contributed by atoms with Crippen molar-refractivity contribution in [3.8, 4) is 5.75 Å². The minimum atomic E-state index is -3.31. The monoisotopic (exact) mass is 410 g/mol. The highest BCUT2D eigenvalue weighted by Crippen LogP contribution is 2.33. The van der Waals surface area contributed by atoms with E-state index in [1.807, 2.05) is 0 Å². The molecule has 1 unspecified atom stereocenters. The van der Waals surface area contributed by atoms with Gasteiger partial charge in [-0.05, 0) is 36.5 Å². The van der Waals surface area contributed by atoms with Gasteiger partial charge in [0, 0.05) is 0 Å². The zero-order chi connectivity index (χ0) is 21.0. The van der Waals surface area contributed by atoms with Crippen molar-refractivity contribution in [2.75, 3.05) is 6.61 Å². The maximum absolute atomic E-state index is 14.7. The third-order valence-electron chi connectivity index (χ3n) is 4.39. The molecule has 1 aliphatic rings. The quantitative estimate of drug-likeness (QED) is 0.386. The van der Waals surface area contributed by atoms with Gasteiger partial charge in [-0.2, -0.15) is 8.78 Å². The first-order valence-electron chi connectivity index (χ1n) is 8.85. The van der Waals surface area contributed by atoms with Gasteiger partial charge >= 0.3 is 6.61 Å². The standard InChI is InChI=1S/C20H18F4N2O3/c21-13-8-9-14(29-20(23)24)16(17(13)22)18(26-28-10-11-6-7-11)15(19(25)27)12-4-2-1-3-5-12/h1-5,8-9,11,15,20H,6-7,10H2,(H2,25,27). The number of rotatable bonds is 9. The van der Waals surface area contributed by atoms with E-state index < -0.39 is 47.1 Å². The van der Waals surface area contributed by atoms with E-state index in [1.54, 1.807) is 18.2 Å². The number of oxime groups is 1. The SMILES string of the molecule is NC(=O)C(C(=NOCC1CC1)c1c(OC(F)F)ccc(F)c1F)c1ccccc1. The first-order valence-corrected chi connectivity index (χ1v) is 8.85. The molecule has 1 amide bonds. The largest absolute Gasteiger partial charge is 0.434 e. The Kier molecular flexibility index (Phi) is 6.36. The molecule has 0 bridgehead atoms. The number of ether oxygens (including phenoxy) is 1. The van der Waals surface area contributed by atoms with Crippen molar-refractivity contribution in [3.05, 3.63) is 65.2 Å². The number of nitrogens with zero attached hydrogens (tertiary/aromatic N) is 1. The van der Waals surface area contributed by atoms with Gasteiger partial charge in [-0.15, -0.1) is 0 Å². The van der Waals surface area contributed by atoms with Crippen LogP contribution in [0.5, 0.6) is 5.75 Å². The van der Waals surface area contributed by atoms with E-state index in [1.165, 1.54) is 12.1 Å². The number of halogens is 4. The zero-order valence-corrected chi connectivity index (χ0v) is 15.2. The second kappa shape index (κ2) is 8.93. The van der Waals surface area contributed by atoms with E-state index in [9.17, 15) is 22.4 Å². The van der Waals surface area contributed by atoms with Crippen molar-refractivity contribution in [3.63, 3.8) is 0 Å². The first kappa shape index (κ1) is 20.6. The number of nitrogens with two attached hydrogens (primary N) is 1. The molecule has 0 radical (unpaired) electrons. The van der Waals surface area contributed by atoms with Crippen molar-refractivity contribution in [1.29, 1.82) is 0 Å². The Morgan fingerprint density at radius 3 is 2.41 bits per heavy atom. The molecule has 0 heterocycles. The first-order chi connectivity index (χ1) is 13.9. The van der Waals surface area contributed by atoms with E-state index >= 15 is 0 Å². The third-order valence-corrected chi connectivity index (χ3v) is 4.39. The van der Waals surface area contributed by atoms with E-state index in [-0.39, 0.29) is 12.5 Å². The van der Waals surface area contributed by atoms with Gasteiger partial charge in [-0.3, -0.25) is 4.79 Å². The molecule has 1 fully saturated rings. The molecule has 1 aliphatic carbocycles. The van der Waals surface area contributed by atoms with Crippen molar-refractivity contribution in [2.24, 2.45) is 16.8 Å². The topological polar surface area (TPSA) is 73.9 Å². The van der Waals surface area contributed by atoms with Crippen molar-refractivity contribution in [2.45, 2.75) is 25.4 Å². The molecule has 1 saturated carbocycles.